The fourth-order valence-electron chi connectivity index (χ4n) is 8.76. The summed E-state index contributed by atoms with van der Waals surface area (Å²) in [5, 5.41) is 9.28. The van der Waals surface area contributed by atoms with E-state index in [0.29, 0.717) is 41.1 Å². The summed E-state index contributed by atoms with van der Waals surface area (Å²) in [4.78, 5) is 41.3. The first-order valence-corrected chi connectivity index (χ1v) is 18.3. The molecule has 1 atom stereocenters. The lowest BCUT2D eigenvalue weighted by Crippen LogP contribution is -2.59. The van der Waals surface area contributed by atoms with E-state index in [0.717, 1.165) is 74.1 Å². The Labute approximate surface area is 297 Å². The minimum Gasteiger partial charge on any atom is -0.355 e. The highest BCUT2D eigenvalue weighted by atomic mass is 19.1. The van der Waals surface area contributed by atoms with E-state index >= 15 is 4.39 Å². The number of nitrogens with one attached hydrogen (secondary N) is 3. The van der Waals surface area contributed by atoms with E-state index in [9.17, 15) is 14.0 Å². The maximum Gasteiger partial charge on any atom is 0.251 e. The number of aryl methyl sites for hydroxylation is 1. The fourth-order valence-corrected chi connectivity index (χ4v) is 8.76. The molecule has 3 N–H and O–H groups in total. The zero-order chi connectivity index (χ0) is 35.6. The van der Waals surface area contributed by atoms with Gasteiger partial charge in [-0.05, 0) is 114 Å². The first kappa shape index (κ1) is 33.7. The number of carbonyl (C=O) groups excluding carboxylic acids is 2. The van der Waals surface area contributed by atoms with Crippen LogP contribution in [0.3, 0.4) is 0 Å². The van der Waals surface area contributed by atoms with Crippen LogP contribution >= 0.6 is 0 Å². The summed E-state index contributed by atoms with van der Waals surface area (Å²) in [6.07, 6.45) is 5.65. The van der Waals surface area contributed by atoms with Crippen LogP contribution in [0.15, 0.2) is 42.7 Å². The smallest absolute Gasteiger partial charge is 0.251 e. The Balaban J connectivity index is 1.19. The number of hydrogen-bond acceptors (Lipinski definition) is 7. The van der Waals surface area contributed by atoms with Gasteiger partial charge in [0.05, 0.1) is 28.6 Å². The second-order valence-corrected chi connectivity index (χ2v) is 15.1. The number of imidazole rings is 1. The molecule has 4 aromatic rings. The summed E-state index contributed by atoms with van der Waals surface area (Å²) >= 11 is 0. The largest absolute Gasteiger partial charge is 0.355 e. The number of halogens is 2. The Kier molecular flexibility index (Phi) is 8.57. The highest BCUT2D eigenvalue weighted by Crippen LogP contribution is 2.51. The number of amides is 2. The monoisotopic (exact) mass is 696 g/mol. The Bertz CT molecular complexity index is 2020. The first-order valence-electron chi connectivity index (χ1n) is 18.3. The van der Waals surface area contributed by atoms with E-state index < -0.39 is 17.4 Å². The quantitative estimate of drug-likeness (QED) is 0.213. The molecule has 51 heavy (non-hydrogen) atoms. The van der Waals surface area contributed by atoms with Crippen LogP contribution in [0, 0.1) is 12.7 Å². The van der Waals surface area contributed by atoms with E-state index in [4.69, 9.17) is 9.97 Å². The molecule has 1 saturated carbocycles. The zero-order valence-corrected chi connectivity index (χ0v) is 29.7. The summed E-state index contributed by atoms with van der Waals surface area (Å²) < 4.78 is 31.7. The van der Waals surface area contributed by atoms with Gasteiger partial charge in [-0.2, -0.15) is 0 Å². The maximum atomic E-state index is 15.5. The molecule has 4 aliphatic rings. The Morgan fingerprint density at radius 3 is 2.61 bits per heavy atom. The molecular formula is C39H46F2N8O2. The number of carbonyl (C=O) groups is 2. The second-order valence-electron chi connectivity index (χ2n) is 15.1. The zero-order valence-electron chi connectivity index (χ0n) is 29.7. The van der Waals surface area contributed by atoms with Crippen LogP contribution in [0.1, 0.15) is 79.9 Å². The molecule has 2 aromatic heterocycles. The molecule has 1 aliphatic carbocycles. The average Bonchev–Trinajstić information content (AvgIpc) is 3.63. The highest BCUT2D eigenvalue weighted by molar-refractivity contribution is 6.09. The van der Waals surface area contributed by atoms with Crippen LogP contribution in [0.5, 0.6) is 0 Å². The molecule has 10 nitrogen and oxygen atoms in total. The molecule has 2 aromatic carbocycles. The lowest BCUT2D eigenvalue weighted by atomic mass is 9.74. The van der Waals surface area contributed by atoms with Crippen molar-refractivity contribution in [2.45, 2.75) is 89.0 Å². The minimum absolute atomic E-state index is 0.0548. The summed E-state index contributed by atoms with van der Waals surface area (Å²) in [6.45, 7) is 8.76. The second kappa shape index (κ2) is 13.0. The molecule has 2 saturated heterocycles. The summed E-state index contributed by atoms with van der Waals surface area (Å²) in [6, 6.07) is 11.4. The minimum atomic E-state index is -0.774. The molecule has 0 unspecified atom stereocenters. The Morgan fingerprint density at radius 2 is 1.88 bits per heavy atom. The molecular weight excluding hydrogens is 650 g/mol. The number of hydrogen-bond donors (Lipinski definition) is 3. The molecule has 268 valence electrons. The molecule has 3 fully saturated rings. The van der Waals surface area contributed by atoms with Gasteiger partial charge in [0, 0.05) is 48.5 Å². The lowest BCUT2D eigenvalue weighted by molar-refractivity contribution is -0.125. The maximum absolute atomic E-state index is 15.5. The number of nitrogens with zero attached hydrogens (tertiary/aromatic N) is 5. The van der Waals surface area contributed by atoms with Crippen LogP contribution in [0.25, 0.3) is 22.3 Å². The van der Waals surface area contributed by atoms with Crippen LogP contribution in [0.4, 0.5) is 26.0 Å². The van der Waals surface area contributed by atoms with E-state index in [2.05, 4.69) is 33.0 Å². The molecule has 0 bridgehead atoms. The van der Waals surface area contributed by atoms with E-state index in [-0.39, 0.29) is 35.6 Å². The van der Waals surface area contributed by atoms with Gasteiger partial charge in [0.25, 0.3) is 5.91 Å². The lowest BCUT2D eigenvalue weighted by Gasteiger charge is -2.48. The highest BCUT2D eigenvalue weighted by Gasteiger charge is 2.55. The van der Waals surface area contributed by atoms with E-state index in [1.807, 2.05) is 35.4 Å². The van der Waals surface area contributed by atoms with Gasteiger partial charge in [0.15, 0.2) is 5.82 Å². The molecule has 0 radical (unpaired) electrons. The van der Waals surface area contributed by atoms with Gasteiger partial charge >= 0.3 is 0 Å². The Morgan fingerprint density at radius 1 is 1.10 bits per heavy atom. The van der Waals surface area contributed by atoms with Crippen molar-refractivity contribution in [2.75, 3.05) is 43.4 Å². The molecule has 12 heteroatoms. The number of piperidine rings is 2. The molecule has 5 heterocycles. The van der Waals surface area contributed by atoms with Crippen LogP contribution in [0.2, 0.25) is 0 Å². The van der Waals surface area contributed by atoms with Crippen molar-refractivity contribution in [3.8, 4) is 11.3 Å². The number of pyridine rings is 1. The number of fused-ring (bicyclic) bond motifs is 3. The van der Waals surface area contributed by atoms with Crippen LogP contribution in [-0.2, 0) is 10.2 Å². The predicted molar refractivity (Wildman–Crippen MR) is 195 cm³/mol. The summed E-state index contributed by atoms with van der Waals surface area (Å²) in [5.74, 6) is -0.221. The fraction of sp³-hybridized carbons (Fsp3) is 0.487. The predicted octanol–water partition coefficient (Wildman–Crippen LogP) is 6.16. The number of benzene rings is 2. The van der Waals surface area contributed by atoms with Crippen LogP contribution < -0.4 is 20.9 Å². The number of rotatable bonds is 7. The van der Waals surface area contributed by atoms with E-state index in [1.54, 1.807) is 20.3 Å². The van der Waals surface area contributed by atoms with Gasteiger partial charge in [-0.3, -0.25) is 14.5 Å². The van der Waals surface area contributed by atoms with Crippen molar-refractivity contribution in [2.24, 2.45) is 0 Å². The van der Waals surface area contributed by atoms with Crippen molar-refractivity contribution in [3.63, 3.8) is 0 Å². The average molecular weight is 697 g/mol. The number of anilines is 3. The summed E-state index contributed by atoms with van der Waals surface area (Å²) in [5.41, 5.74) is 5.31. The van der Waals surface area contributed by atoms with Gasteiger partial charge in [0.1, 0.15) is 17.5 Å². The number of alkyl halides is 1. The Hall–Kier alpha value is -4.42. The normalized spacial score (nSPS) is 23.2. The van der Waals surface area contributed by atoms with Crippen molar-refractivity contribution in [3.05, 3.63) is 65.2 Å². The summed E-state index contributed by atoms with van der Waals surface area (Å²) in [7, 11) is 1.55. The molecule has 8 rings (SSSR count). The third kappa shape index (κ3) is 5.67. The molecule has 1 spiro atoms. The van der Waals surface area contributed by atoms with Crippen molar-refractivity contribution in [1.29, 1.82) is 0 Å². The van der Waals surface area contributed by atoms with Gasteiger partial charge in [0.2, 0.25) is 5.91 Å². The first-order chi connectivity index (χ1) is 24.6. The number of aromatic nitrogens is 3. The molecule has 3 aliphatic heterocycles. The molecule has 2 amide bonds. The number of likely N-dealkylation sites (tertiary alicyclic amines) is 1. The van der Waals surface area contributed by atoms with Crippen molar-refractivity contribution < 1.29 is 18.4 Å². The third-order valence-corrected chi connectivity index (χ3v) is 11.7. The third-order valence-electron chi connectivity index (χ3n) is 11.7. The van der Waals surface area contributed by atoms with Crippen molar-refractivity contribution >= 4 is 40.0 Å². The van der Waals surface area contributed by atoms with Gasteiger partial charge in [-0.1, -0.05) is 12.1 Å². The van der Waals surface area contributed by atoms with Crippen LogP contribution in [-0.4, -0.2) is 82.7 Å². The van der Waals surface area contributed by atoms with Gasteiger partial charge in [-0.25, -0.2) is 18.7 Å². The standard InChI is InChI=1S/C39H46F2N8O2/c1-22(2)48-21-44-33-19-31(45-36(35(33)48)46-32-18-28(37(50)42-4)23(3)14-30(32)41)24-7-8-29-34(15-24)49(38(51)39(29)9-11-43-12-10-39)27-16-26(17-27)47-13-5-6-25(40)20-47/h7-8,14-15,18-19,21-22,25-27,43H,5-6,9-13,16-17,20H2,1-4H3,(H,42,50)(H,45,46)/t25-,26?,27?/m1/s1. The van der Waals surface area contributed by atoms with Gasteiger partial charge in [-0.15, -0.1) is 0 Å². The SMILES string of the molecule is CNC(=O)c1cc(Nc2nc(-c3ccc4c(c3)N(C3CC(N5CCC[C@@H](F)C5)C3)C(=O)C43CCNCC3)cc3ncn(C(C)C)c23)c(F)cc1C. The topological polar surface area (TPSA) is 107 Å². The van der Waals surface area contributed by atoms with Crippen molar-refractivity contribution in [1.82, 2.24) is 30.1 Å². The van der Waals surface area contributed by atoms with Gasteiger partial charge < -0.3 is 25.4 Å². The van der Waals surface area contributed by atoms with E-state index in [1.165, 1.54) is 12.1 Å².